The van der Waals surface area contributed by atoms with E-state index >= 15 is 0 Å². The highest BCUT2D eigenvalue weighted by Gasteiger charge is 2.18. The minimum absolute atomic E-state index is 0.126. The van der Waals surface area contributed by atoms with E-state index < -0.39 is 0 Å². The van der Waals surface area contributed by atoms with Crippen LogP contribution in [0.25, 0.3) is 16.0 Å². The van der Waals surface area contributed by atoms with Gasteiger partial charge in [0.05, 0.1) is 18.6 Å². The lowest BCUT2D eigenvalue weighted by Gasteiger charge is -2.07. The van der Waals surface area contributed by atoms with Crippen LogP contribution in [-0.4, -0.2) is 18.7 Å². The minimum atomic E-state index is -0.244. The number of hydrogen-bond donors (Lipinski definition) is 0. The Kier molecular flexibility index (Phi) is 4.17. The number of thiophene rings is 1. The van der Waals surface area contributed by atoms with Crippen LogP contribution in [0.5, 0.6) is 0 Å². The highest BCUT2D eigenvalue weighted by Crippen LogP contribution is 2.18. The van der Waals surface area contributed by atoms with Crippen LogP contribution in [0.15, 0.2) is 75.6 Å². The fourth-order valence-electron chi connectivity index (χ4n) is 3.63. The molecule has 0 fully saturated rings. The molecule has 0 amide bonds. The van der Waals surface area contributed by atoms with Crippen LogP contribution in [0.2, 0.25) is 0 Å². The van der Waals surface area contributed by atoms with Crippen molar-refractivity contribution in [3.8, 4) is 0 Å². The first-order chi connectivity index (χ1) is 14.1. The van der Waals surface area contributed by atoms with Crippen LogP contribution in [0.4, 0.5) is 0 Å². The molecule has 0 aliphatic carbocycles. The molecule has 0 atom stereocenters. The van der Waals surface area contributed by atoms with Crippen molar-refractivity contribution < 1.29 is 0 Å². The standard InChI is InChI=1S/C22H18N4O2S/c1-15-6-5-9-17(12-15)14-25-22(28)26-18-10-11-29-19(18)20(27)24(21(26)23-25)13-16-7-3-2-4-8-16/h2-12H,13-14H2,1H3. The molecule has 0 bridgehead atoms. The normalized spacial score (nSPS) is 11.5. The SMILES string of the molecule is Cc1cccc(Cn2nc3n(Cc4ccccc4)c(=O)c4sccc4n3c2=O)c1. The van der Waals surface area contributed by atoms with Crippen molar-refractivity contribution >= 4 is 27.3 Å². The maximum absolute atomic E-state index is 13.2. The van der Waals surface area contributed by atoms with E-state index in [1.165, 1.54) is 16.0 Å². The third-order valence-electron chi connectivity index (χ3n) is 4.99. The van der Waals surface area contributed by atoms with Crippen molar-refractivity contribution in [3.63, 3.8) is 0 Å². The Morgan fingerprint density at radius 3 is 2.52 bits per heavy atom. The molecule has 0 saturated carbocycles. The van der Waals surface area contributed by atoms with Gasteiger partial charge >= 0.3 is 5.69 Å². The molecule has 2 aromatic carbocycles. The maximum Gasteiger partial charge on any atom is 0.352 e. The van der Waals surface area contributed by atoms with E-state index in [9.17, 15) is 9.59 Å². The van der Waals surface area contributed by atoms with Gasteiger partial charge in [-0.3, -0.25) is 9.36 Å². The molecule has 7 heteroatoms. The summed E-state index contributed by atoms with van der Waals surface area (Å²) in [5, 5.41) is 6.39. The smallest absolute Gasteiger partial charge is 0.271 e. The number of fused-ring (bicyclic) bond motifs is 3. The number of rotatable bonds is 4. The highest BCUT2D eigenvalue weighted by atomic mass is 32.1. The Labute approximate surface area is 169 Å². The molecule has 0 N–H and O–H groups in total. The monoisotopic (exact) mass is 402 g/mol. The molecular formula is C22H18N4O2S. The van der Waals surface area contributed by atoms with Gasteiger partial charge < -0.3 is 0 Å². The van der Waals surface area contributed by atoms with Crippen LogP contribution in [0, 0.1) is 6.92 Å². The number of nitrogens with zero attached hydrogens (tertiary/aromatic N) is 4. The van der Waals surface area contributed by atoms with Crippen molar-refractivity contribution in [2.75, 3.05) is 0 Å². The molecule has 29 heavy (non-hydrogen) atoms. The summed E-state index contributed by atoms with van der Waals surface area (Å²) in [4.78, 5) is 26.3. The average molecular weight is 402 g/mol. The van der Waals surface area contributed by atoms with Gasteiger partial charge in [0, 0.05) is 0 Å². The van der Waals surface area contributed by atoms with E-state index in [0.717, 1.165) is 16.7 Å². The van der Waals surface area contributed by atoms with Gasteiger partial charge in [-0.2, -0.15) is 0 Å². The summed E-state index contributed by atoms with van der Waals surface area (Å²) < 4.78 is 5.13. The Hall–Kier alpha value is -3.45. The molecule has 144 valence electrons. The fraction of sp³-hybridized carbons (Fsp3) is 0.136. The summed E-state index contributed by atoms with van der Waals surface area (Å²) in [6.45, 7) is 2.73. The van der Waals surface area contributed by atoms with Crippen molar-refractivity contribution in [2.45, 2.75) is 20.0 Å². The molecule has 3 heterocycles. The Morgan fingerprint density at radius 2 is 1.72 bits per heavy atom. The zero-order valence-electron chi connectivity index (χ0n) is 15.8. The largest absolute Gasteiger partial charge is 0.352 e. The van der Waals surface area contributed by atoms with Gasteiger partial charge in [-0.25, -0.2) is 13.9 Å². The van der Waals surface area contributed by atoms with E-state index in [0.29, 0.717) is 29.1 Å². The maximum atomic E-state index is 13.2. The molecule has 0 saturated heterocycles. The van der Waals surface area contributed by atoms with Crippen LogP contribution in [-0.2, 0) is 13.1 Å². The lowest BCUT2D eigenvalue weighted by atomic mass is 10.1. The number of aryl methyl sites for hydroxylation is 1. The Morgan fingerprint density at radius 1 is 0.931 bits per heavy atom. The first-order valence-electron chi connectivity index (χ1n) is 9.31. The number of benzene rings is 2. The van der Waals surface area contributed by atoms with Gasteiger partial charge in [0.25, 0.3) is 5.56 Å². The summed E-state index contributed by atoms with van der Waals surface area (Å²) in [6.07, 6.45) is 0. The van der Waals surface area contributed by atoms with Gasteiger partial charge in [-0.15, -0.1) is 16.4 Å². The first kappa shape index (κ1) is 17.6. The van der Waals surface area contributed by atoms with E-state index in [1.807, 2.05) is 66.9 Å². The molecule has 0 unspecified atom stereocenters. The molecule has 5 aromatic rings. The summed E-state index contributed by atoms with van der Waals surface area (Å²) in [5.41, 5.74) is 3.34. The minimum Gasteiger partial charge on any atom is -0.271 e. The molecule has 0 radical (unpaired) electrons. The third kappa shape index (κ3) is 3.00. The van der Waals surface area contributed by atoms with Crippen molar-refractivity contribution in [1.29, 1.82) is 0 Å². The van der Waals surface area contributed by atoms with E-state index in [-0.39, 0.29) is 11.2 Å². The van der Waals surface area contributed by atoms with E-state index in [4.69, 9.17) is 0 Å². The Balaban J connectivity index is 1.74. The van der Waals surface area contributed by atoms with Crippen molar-refractivity contribution in [2.24, 2.45) is 0 Å². The quantitative estimate of drug-likeness (QED) is 0.464. The lowest BCUT2D eigenvalue weighted by Crippen LogP contribution is -2.26. The van der Waals surface area contributed by atoms with Gasteiger partial charge in [0.2, 0.25) is 5.78 Å². The summed E-state index contributed by atoms with van der Waals surface area (Å²) in [7, 11) is 0. The van der Waals surface area contributed by atoms with E-state index in [1.54, 1.807) is 15.0 Å². The van der Waals surface area contributed by atoms with E-state index in [2.05, 4.69) is 5.10 Å². The topological polar surface area (TPSA) is 61.3 Å². The van der Waals surface area contributed by atoms with Crippen LogP contribution >= 0.6 is 11.3 Å². The third-order valence-corrected chi connectivity index (χ3v) is 5.88. The van der Waals surface area contributed by atoms with Crippen molar-refractivity contribution in [3.05, 3.63) is 104 Å². The van der Waals surface area contributed by atoms with Crippen LogP contribution in [0.1, 0.15) is 16.7 Å². The molecule has 0 aliphatic heterocycles. The molecule has 0 aliphatic rings. The number of aromatic nitrogens is 4. The van der Waals surface area contributed by atoms with Gasteiger partial charge in [-0.1, -0.05) is 60.2 Å². The second-order valence-corrected chi connectivity index (χ2v) is 7.99. The second kappa shape index (κ2) is 6.86. The lowest BCUT2D eigenvalue weighted by molar-refractivity contribution is 0.654. The Bertz CT molecular complexity index is 1460. The second-order valence-electron chi connectivity index (χ2n) is 7.08. The molecule has 5 rings (SSSR count). The van der Waals surface area contributed by atoms with Crippen molar-refractivity contribution in [1.82, 2.24) is 18.7 Å². The summed E-state index contributed by atoms with van der Waals surface area (Å²) in [6, 6.07) is 19.5. The predicted octanol–water partition coefficient (Wildman–Crippen LogP) is 3.28. The van der Waals surface area contributed by atoms with Gasteiger partial charge in [0.15, 0.2) is 0 Å². The first-order valence-corrected chi connectivity index (χ1v) is 10.2. The predicted molar refractivity (Wildman–Crippen MR) is 115 cm³/mol. The van der Waals surface area contributed by atoms with Gasteiger partial charge in [-0.05, 0) is 29.5 Å². The van der Waals surface area contributed by atoms with Crippen LogP contribution < -0.4 is 11.2 Å². The molecule has 3 aromatic heterocycles. The number of hydrogen-bond acceptors (Lipinski definition) is 4. The zero-order chi connectivity index (χ0) is 20.0. The highest BCUT2D eigenvalue weighted by molar-refractivity contribution is 7.17. The fourth-order valence-corrected chi connectivity index (χ4v) is 4.45. The molecule has 6 nitrogen and oxygen atoms in total. The summed E-state index contributed by atoms with van der Waals surface area (Å²) in [5.74, 6) is 0.363. The van der Waals surface area contributed by atoms with Crippen LogP contribution in [0.3, 0.4) is 0 Å². The molecular weight excluding hydrogens is 384 g/mol. The summed E-state index contributed by atoms with van der Waals surface area (Å²) >= 11 is 1.35. The zero-order valence-corrected chi connectivity index (χ0v) is 16.6. The average Bonchev–Trinajstić information content (AvgIpc) is 3.31. The van der Waals surface area contributed by atoms with Gasteiger partial charge in [0.1, 0.15) is 4.70 Å². The molecule has 0 spiro atoms.